The van der Waals surface area contributed by atoms with E-state index in [1.165, 1.54) is 18.7 Å². The molecular weight excluding hydrogens is 274 g/mol. The van der Waals surface area contributed by atoms with Crippen LogP contribution >= 0.6 is 0 Å². The maximum Gasteiger partial charge on any atom is 0.332 e. The minimum absolute atomic E-state index is 0.0938. The number of ether oxygens (including phenoxy) is 1. The van der Waals surface area contributed by atoms with Gasteiger partial charge in [0.25, 0.3) is 5.56 Å². The number of fused-ring (bicyclic) bond motifs is 1. The maximum absolute atomic E-state index is 12.2. The highest BCUT2D eigenvalue weighted by Gasteiger charge is 2.20. The number of esters is 1. The molecule has 1 unspecified atom stereocenters. The number of hydrogen-bond acceptors (Lipinski definition) is 5. The van der Waals surface area contributed by atoms with Crippen LogP contribution in [0.4, 0.5) is 5.82 Å². The van der Waals surface area contributed by atoms with Crippen LogP contribution in [0.2, 0.25) is 0 Å². The van der Waals surface area contributed by atoms with Gasteiger partial charge >= 0.3 is 11.7 Å². The molecule has 1 aromatic heterocycles. The summed E-state index contributed by atoms with van der Waals surface area (Å²) in [6, 6.07) is 0. The van der Waals surface area contributed by atoms with E-state index in [1.807, 2.05) is 0 Å². The monoisotopic (exact) mass is 293 g/mol. The van der Waals surface area contributed by atoms with Crippen molar-refractivity contribution in [2.45, 2.75) is 25.7 Å². The third-order valence-corrected chi connectivity index (χ3v) is 3.84. The number of carbonyl (C=O) groups is 1. The molecule has 1 aliphatic heterocycles. The molecule has 114 valence electrons. The summed E-state index contributed by atoms with van der Waals surface area (Å²) >= 11 is 0. The summed E-state index contributed by atoms with van der Waals surface area (Å²) in [6.45, 7) is 0. The SMILES string of the molecule is COC(=O)CCC1C=Nc2c(c(=O)n(C)c(=O)n2C)CC1. The van der Waals surface area contributed by atoms with Gasteiger partial charge in [-0.2, -0.15) is 0 Å². The lowest BCUT2D eigenvalue weighted by atomic mass is 9.97. The van der Waals surface area contributed by atoms with E-state index >= 15 is 0 Å². The Kier molecular flexibility index (Phi) is 4.40. The average Bonchev–Trinajstić information content (AvgIpc) is 2.71. The molecule has 0 fully saturated rings. The Morgan fingerprint density at radius 3 is 2.76 bits per heavy atom. The van der Waals surface area contributed by atoms with Crippen LogP contribution in [0.3, 0.4) is 0 Å². The molecule has 0 saturated carbocycles. The number of aliphatic imine (C=N–C) groups is 1. The zero-order chi connectivity index (χ0) is 15.6. The summed E-state index contributed by atoms with van der Waals surface area (Å²) in [5.74, 6) is 0.258. The van der Waals surface area contributed by atoms with Gasteiger partial charge in [-0.15, -0.1) is 0 Å². The zero-order valence-corrected chi connectivity index (χ0v) is 12.5. The third kappa shape index (κ3) is 2.96. The van der Waals surface area contributed by atoms with E-state index < -0.39 is 0 Å². The number of nitrogens with zero attached hydrogens (tertiary/aromatic N) is 3. The van der Waals surface area contributed by atoms with E-state index in [0.29, 0.717) is 30.6 Å². The van der Waals surface area contributed by atoms with Crippen LogP contribution in [-0.4, -0.2) is 28.4 Å². The second kappa shape index (κ2) is 6.07. The first-order valence-corrected chi connectivity index (χ1v) is 6.85. The zero-order valence-electron chi connectivity index (χ0n) is 12.5. The van der Waals surface area contributed by atoms with Crippen molar-refractivity contribution < 1.29 is 9.53 Å². The summed E-state index contributed by atoms with van der Waals surface area (Å²) in [5.41, 5.74) is -0.126. The lowest BCUT2D eigenvalue weighted by Gasteiger charge is -2.10. The van der Waals surface area contributed by atoms with Crippen LogP contribution in [0.5, 0.6) is 0 Å². The van der Waals surface area contributed by atoms with Crippen molar-refractivity contribution in [3.05, 3.63) is 26.4 Å². The van der Waals surface area contributed by atoms with Gasteiger partial charge in [0, 0.05) is 26.7 Å². The topological polar surface area (TPSA) is 82.7 Å². The van der Waals surface area contributed by atoms with Crippen molar-refractivity contribution >= 4 is 18.0 Å². The van der Waals surface area contributed by atoms with Gasteiger partial charge in [0.2, 0.25) is 0 Å². The smallest absolute Gasteiger partial charge is 0.332 e. The molecule has 0 aliphatic carbocycles. The van der Waals surface area contributed by atoms with Gasteiger partial charge in [-0.1, -0.05) is 0 Å². The van der Waals surface area contributed by atoms with Gasteiger partial charge in [-0.3, -0.25) is 18.7 Å². The molecule has 0 amide bonds. The van der Waals surface area contributed by atoms with Crippen molar-refractivity contribution in [3.8, 4) is 0 Å². The molecule has 0 saturated heterocycles. The minimum Gasteiger partial charge on any atom is -0.469 e. The summed E-state index contributed by atoms with van der Waals surface area (Å²) in [6.07, 6.45) is 3.94. The molecule has 0 N–H and O–H groups in total. The molecule has 0 spiro atoms. The fraction of sp³-hybridized carbons (Fsp3) is 0.571. The molecule has 7 nitrogen and oxygen atoms in total. The van der Waals surface area contributed by atoms with E-state index in [2.05, 4.69) is 9.73 Å². The Morgan fingerprint density at radius 2 is 2.10 bits per heavy atom. The second-order valence-corrected chi connectivity index (χ2v) is 5.20. The first-order chi connectivity index (χ1) is 9.95. The molecule has 1 atom stereocenters. The minimum atomic E-state index is -0.385. The van der Waals surface area contributed by atoms with E-state index in [-0.39, 0.29) is 23.1 Å². The first-order valence-electron chi connectivity index (χ1n) is 6.85. The molecule has 21 heavy (non-hydrogen) atoms. The third-order valence-electron chi connectivity index (χ3n) is 3.84. The number of aromatic nitrogens is 2. The largest absolute Gasteiger partial charge is 0.469 e. The summed E-state index contributed by atoms with van der Waals surface area (Å²) in [7, 11) is 4.43. The second-order valence-electron chi connectivity index (χ2n) is 5.20. The van der Waals surface area contributed by atoms with Crippen molar-refractivity contribution in [1.82, 2.24) is 9.13 Å². The first kappa shape index (κ1) is 15.2. The number of carbonyl (C=O) groups excluding carboxylic acids is 1. The average molecular weight is 293 g/mol. The van der Waals surface area contributed by atoms with Gasteiger partial charge < -0.3 is 4.74 Å². The molecule has 2 heterocycles. The molecule has 1 aliphatic rings. The van der Waals surface area contributed by atoms with Gasteiger partial charge in [0.05, 0.1) is 12.7 Å². The van der Waals surface area contributed by atoms with E-state index in [9.17, 15) is 14.4 Å². The molecule has 0 bridgehead atoms. The van der Waals surface area contributed by atoms with Crippen LogP contribution in [0, 0.1) is 5.92 Å². The van der Waals surface area contributed by atoms with Gasteiger partial charge in [0.15, 0.2) is 0 Å². The van der Waals surface area contributed by atoms with Gasteiger partial charge in [0.1, 0.15) is 5.82 Å². The Balaban J connectivity index is 2.28. The molecule has 7 heteroatoms. The number of methoxy groups -OCH3 is 1. The predicted octanol–water partition coefficient (Wildman–Crippen LogP) is 0.302. The van der Waals surface area contributed by atoms with Crippen LogP contribution in [0.25, 0.3) is 0 Å². The Morgan fingerprint density at radius 1 is 1.38 bits per heavy atom. The molecule has 2 rings (SSSR count). The molecular formula is C14H19N3O4. The van der Waals surface area contributed by atoms with E-state index in [4.69, 9.17) is 0 Å². The fourth-order valence-corrected chi connectivity index (χ4v) is 2.49. The van der Waals surface area contributed by atoms with Crippen LogP contribution in [-0.2, 0) is 30.0 Å². The van der Waals surface area contributed by atoms with Crippen molar-refractivity contribution in [2.24, 2.45) is 25.0 Å². The van der Waals surface area contributed by atoms with Gasteiger partial charge in [-0.25, -0.2) is 9.79 Å². The lowest BCUT2D eigenvalue weighted by molar-refractivity contribution is -0.140. The Labute approximate surface area is 121 Å². The highest BCUT2D eigenvalue weighted by atomic mass is 16.5. The lowest BCUT2D eigenvalue weighted by Crippen LogP contribution is -2.38. The molecule has 0 radical (unpaired) electrons. The van der Waals surface area contributed by atoms with Crippen molar-refractivity contribution in [2.75, 3.05) is 7.11 Å². The Hall–Kier alpha value is -2.18. The van der Waals surface area contributed by atoms with Gasteiger partial charge in [-0.05, 0) is 25.2 Å². The molecule has 1 aromatic rings. The quantitative estimate of drug-likeness (QED) is 0.751. The van der Waals surface area contributed by atoms with Crippen molar-refractivity contribution in [3.63, 3.8) is 0 Å². The predicted molar refractivity (Wildman–Crippen MR) is 78.1 cm³/mol. The summed E-state index contributed by atoms with van der Waals surface area (Å²) in [4.78, 5) is 39.6. The number of rotatable bonds is 3. The van der Waals surface area contributed by atoms with Crippen LogP contribution in [0.15, 0.2) is 14.6 Å². The van der Waals surface area contributed by atoms with E-state index in [1.54, 1.807) is 13.3 Å². The summed E-state index contributed by atoms with van der Waals surface area (Å²) < 4.78 is 7.11. The summed E-state index contributed by atoms with van der Waals surface area (Å²) in [5, 5.41) is 0. The maximum atomic E-state index is 12.2. The van der Waals surface area contributed by atoms with Crippen LogP contribution < -0.4 is 11.2 Å². The Bertz CT molecular complexity index is 699. The van der Waals surface area contributed by atoms with E-state index in [0.717, 1.165) is 11.0 Å². The highest BCUT2D eigenvalue weighted by Crippen LogP contribution is 2.23. The highest BCUT2D eigenvalue weighted by molar-refractivity contribution is 5.71. The van der Waals surface area contributed by atoms with Crippen molar-refractivity contribution in [1.29, 1.82) is 0 Å². The van der Waals surface area contributed by atoms with Crippen LogP contribution in [0.1, 0.15) is 24.8 Å². The fourth-order valence-electron chi connectivity index (χ4n) is 2.49. The molecule has 0 aromatic carbocycles. The standard InChI is InChI=1S/C14H19N3O4/c1-16-12-10(13(19)17(2)14(16)20)6-4-9(8-15-12)5-7-11(18)21-3/h8-9H,4-7H2,1-3H3. The number of hydrogen-bond donors (Lipinski definition) is 0. The normalized spacial score (nSPS) is 17.2.